The van der Waals surface area contributed by atoms with Crippen molar-refractivity contribution in [3.63, 3.8) is 0 Å². The van der Waals surface area contributed by atoms with E-state index in [2.05, 4.69) is 10.3 Å². The molecule has 6 heteroatoms. The minimum Gasteiger partial charge on any atom is -0.444 e. The number of nitrogens with one attached hydrogen (secondary N) is 1. The van der Waals surface area contributed by atoms with Crippen LogP contribution in [0.3, 0.4) is 0 Å². The van der Waals surface area contributed by atoms with Gasteiger partial charge in [0.1, 0.15) is 5.60 Å². The summed E-state index contributed by atoms with van der Waals surface area (Å²) in [6.07, 6.45) is 1.09. The molecule has 1 amide bonds. The van der Waals surface area contributed by atoms with Crippen molar-refractivity contribution in [1.29, 1.82) is 0 Å². The Morgan fingerprint density at radius 1 is 1.29 bits per heavy atom. The third-order valence-corrected chi connectivity index (χ3v) is 3.07. The van der Waals surface area contributed by atoms with Crippen LogP contribution in [0.25, 0.3) is 0 Å². The molecule has 2 aromatic rings. The van der Waals surface area contributed by atoms with Gasteiger partial charge in [0.2, 0.25) is 5.88 Å². The van der Waals surface area contributed by atoms with Gasteiger partial charge in [0.25, 0.3) is 0 Å². The summed E-state index contributed by atoms with van der Waals surface area (Å²) in [4.78, 5) is 15.8. The lowest BCUT2D eigenvalue weighted by Crippen LogP contribution is -2.32. The van der Waals surface area contributed by atoms with Gasteiger partial charge in [0.05, 0.1) is 0 Å². The van der Waals surface area contributed by atoms with Crippen LogP contribution in [0.1, 0.15) is 31.9 Å². The summed E-state index contributed by atoms with van der Waals surface area (Å²) in [5.41, 5.74) is 1.14. The molecule has 0 aliphatic carbocycles. The van der Waals surface area contributed by atoms with Crippen molar-refractivity contribution in [3.05, 3.63) is 53.5 Å². The van der Waals surface area contributed by atoms with Crippen LogP contribution >= 0.6 is 0 Å². The molecule has 0 saturated carbocycles. The Morgan fingerprint density at radius 3 is 2.62 bits per heavy atom. The van der Waals surface area contributed by atoms with E-state index >= 15 is 0 Å². The van der Waals surface area contributed by atoms with Crippen molar-refractivity contribution in [3.8, 4) is 11.6 Å². The van der Waals surface area contributed by atoms with Crippen LogP contribution in [0.2, 0.25) is 0 Å². The van der Waals surface area contributed by atoms with Crippen molar-refractivity contribution in [1.82, 2.24) is 10.3 Å². The Morgan fingerprint density at radius 2 is 2.00 bits per heavy atom. The van der Waals surface area contributed by atoms with E-state index in [1.807, 2.05) is 6.92 Å². The monoisotopic (exact) mass is 332 g/mol. The van der Waals surface area contributed by atoms with Crippen molar-refractivity contribution in [2.45, 2.75) is 39.8 Å². The second-order valence-corrected chi connectivity index (χ2v) is 6.34. The maximum atomic E-state index is 13.6. The number of carbonyl (C=O) groups is 1. The number of aromatic nitrogens is 1. The van der Waals surface area contributed by atoms with Gasteiger partial charge in [-0.05, 0) is 51.0 Å². The molecule has 0 atom stereocenters. The molecule has 0 fully saturated rings. The number of halogens is 1. The number of para-hydroxylation sites is 1. The number of benzene rings is 1. The third-order valence-electron chi connectivity index (χ3n) is 3.07. The van der Waals surface area contributed by atoms with E-state index in [1.54, 1.807) is 45.2 Å². The van der Waals surface area contributed by atoms with E-state index in [0.717, 1.165) is 11.1 Å². The Labute approximate surface area is 140 Å². The lowest BCUT2D eigenvalue weighted by molar-refractivity contribution is 0.0523. The summed E-state index contributed by atoms with van der Waals surface area (Å²) in [5, 5.41) is 2.67. The first kappa shape index (κ1) is 17.7. The van der Waals surface area contributed by atoms with Gasteiger partial charge in [-0.25, -0.2) is 14.2 Å². The standard InChI is InChI=1S/C18H21FN2O3/c1-12-9-16(23-15-8-6-5-7-14(15)19)20-10-13(12)11-21-17(22)24-18(2,3)4/h5-10H,11H2,1-4H3,(H,21,22). The largest absolute Gasteiger partial charge is 0.444 e. The van der Waals surface area contributed by atoms with E-state index in [0.29, 0.717) is 5.88 Å². The SMILES string of the molecule is Cc1cc(Oc2ccccc2F)ncc1CNC(=O)OC(C)(C)C. The Kier molecular flexibility index (Phi) is 5.39. The van der Waals surface area contributed by atoms with Gasteiger partial charge < -0.3 is 14.8 Å². The van der Waals surface area contributed by atoms with Gasteiger partial charge in [-0.15, -0.1) is 0 Å². The van der Waals surface area contributed by atoms with E-state index < -0.39 is 17.5 Å². The molecule has 1 aromatic heterocycles. The van der Waals surface area contributed by atoms with Crippen molar-refractivity contribution in [2.75, 3.05) is 0 Å². The first-order chi connectivity index (χ1) is 11.2. The molecular weight excluding hydrogens is 311 g/mol. The van der Waals surface area contributed by atoms with Gasteiger partial charge >= 0.3 is 6.09 Å². The lowest BCUT2D eigenvalue weighted by Gasteiger charge is -2.19. The molecule has 0 unspecified atom stereocenters. The Bertz CT molecular complexity index is 726. The van der Waals surface area contributed by atoms with Crippen LogP contribution < -0.4 is 10.1 Å². The molecule has 0 spiro atoms. The van der Waals surface area contributed by atoms with Crippen LogP contribution in [-0.4, -0.2) is 16.7 Å². The number of ether oxygens (including phenoxy) is 2. The zero-order chi connectivity index (χ0) is 17.7. The average molecular weight is 332 g/mol. The van der Waals surface area contributed by atoms with E-state index in [9.17, 15) is 9.18 Å². The summed E-state index contributed by atoms with van der Waals surface area (Å²) in [5.74, 6) is -0.0460. The van der Waals surface area contributed by atoms with E-state index in [4.69, 9.17) is 9.47 Å². The molecule has 1 N–H and O–H groups in total. The maximum absolute atomic E-state index is 13.6. The molecule has 1 aromatic carbocycles. The fourth-order valence-corrected chi connectivity index (χ4v) is 1.92. The van der Waals surface area contributed by atoms with Crippen LogP contribution in [0.5, 0.6) is 11.6 Å². The van der Waals surface area contributed by atoms with E-state index in [1.165, 1.54) is 12.1 Å². The zero-order valence-corrected chi connectivity index (χ0v) is 14.2. The van der Waals surface area contributed by atoms with Crippen molar-refractivity contribution < 1.29 is 18.7 Å². The fraction of sp³-hybridized carbons (Fsp3) is 0.333. The second-order valence-electron chi connectivity index (χ2n) is 6.34. The van der Waals surface area contributed by atoms with Gasteiger partial charge in [-0.3, -0.25) is 0 Å². The summed E-state index contributed by atoms with van der Waals surface area (Å²) in [7, 11) is 0. The van der Waals surface area contributed by atoms with Crippen LogP contribution in [0.15, 0.2) is 36.5 Å². The fourth-order valence-electron chi connectivity index (χ4n) is 1.92. The summed E-state index contributed by atoms with van der Waals surface area (Å²) >= 11 is 0. The van der Waals surface area contributed by atoms with Crippen molar-refractivity contribution >= 4 is 6.09 Å². The highest BCUT2D eigenvalue weighted by Crippen LogP contribution is 2.23. The van der Waals surface area contributed by atoms with Gasteiger partial charge in [-0.1, -0.05) is 12.1 Å². The number of amides is 1. The summed E-state index contributed by atoms with van der Waals surface area (Å²) < 4.78 is 24.2. The quantitative estimate of drug-likeness (QED) is 0.904. The molecule has 0 bridgehead atoms. The number of pyridine rings is 1. The number of alkyl carbamates (subject to hydrolysis) is 1. The normalized spacial score (nSPS) is 11.0. The van der Waals surface area contributed by atoms with Gasteiger partial charge in [-0.2, -0.15) is 0 Å². The predicted octanol–water partition coefficient (Wildman–Crippen LogP) is 4.35. The molecule has 0 aliphatic rings. The molecule has 0 saturated heterocycles. The first-order valence-electron chi connectivity index (χ1n) is 7.59. The van der Waals surface area contributed by atoms with Gasteiger partial charge in [0, 0.05) is 18.8 Å². The van der Waals surface area contributed by atoms with Crippen LogP contribution in [0.4, 0.5) is 9.18 Å². The molecule has 1 heterocycles. The van der Waals surface area contributed by atoms with Gasteiger partial charge in [0.15, 0.2) is 11.6 Å². The molecule has 128 valence electrons. The smallest absolute Gasteiger partial charge is 0.407 e. The molecular formula is C18H21FN2O3. The highest BCUT2D eigenvalue weighted by molar-refractivity contribution is 5.67. The number of hydrogen-bond donors (Lipinski definition) is 1. The molecule has 2 rings (SSSR count). The minimum absolute atomic E-state index is 0.115. The molecule has 24 heavy (non-hydrogen) atoms. The van der Waals surface area contributed by atoms with E-state index in [-0.39, 0.29) is 12.3 Å². The number of carbonyl (C=O) groups excluding carboxylic acids is 1. The maximum Gasteiger partial charge on any atom is 0.407 e. The third kappa shape index (κ3) is 5.22. The first-order valence-corrected chi connectivity index (χ1v) is 7.59. The zero-order valence-electron chi connectivity index (χ0n) is 14.2. The molecule has 5 nitrogen and oxygen atoms in total. The number of aryl methyl sites for hydroxylation is 1. The topological polar surface area (TPSA) is 60.5 Å². The number of hydrogen-bond acceptors (Lipinski definition) is 4. The molecule has 0 radical (unpaired) electrons. The Balaban J connectivity index is 2.00. The summed E-state index contributed by atoms with van der Waals surface area (Å²) in [6.45, 7) is 7.55. The van der Waals surface area contributed by atoms with Crippen LogP contribution in [0, 0.1) is 12.7 Å². The highest BCUT2D eigenvalue weighted by atomic mass is 19.1. The molecule has 0 aliphatic heterocycles. The Hall–Kier alpha value is -2.63. The average Bonchev–Trinajstić information content (AvgIpc) is 2.47. The lowest BCUT2D eigenvalue weighted by atomic mass is 10.1. The van der Waals surface area contributed by atoms with Crippen molar-refractivity contribution in [2.24, 2.45) is 0 Å². The number of nitrogens with zero attached hydrogens (tertiary/aromatic N) is 1. The predicted molar refractivity (Wildman–Crippen MR) is 88.5 cm³/mol. The highest BCUT2D eigenvalue weighted by Gasteiger charge is 2.16. The van der Waals surface area contributed by atoms with Crippen LogP contribution in [-0.2, 0) is 11.3 Å². The summed E-state index contributed by atoms with van der Waals surface area (Å²) in [6, 6.07) is 7.82. The second kappa shape index (κ2) is 7.29. The number of rotatable bonds is 4. The minimum atomic E-state index is -0.547.